The van der Waals surface area contributed by atoms with Crippen molar-refractivity contribution in [2.45, 2.75) is 82.2 Å². The highest BCUT2D eigenvalue weighted by Crippen LogP contribution is 2.24. The fraction of sp³-hybridized carbons (Fsp3) is 1.00. The van der Waals surface area contributed by atoms with Gasteiger partial charge in [-0.3, -0.25) is 0 Å². The molecule has 0 spiro atoms. The first-order chi connectivity index (χ1) is 12.1. The molecule has 11 nitrogen and oxygen atoms in total. The van der Waals surface area contributed by atoms with E-state index in [4.69, 9.17) is 35.5 Å². The van der Waals surface area contributed by atoms with Crippen LogP contribution in [0.25, 0.3) is 0 Å². The zero-order valence-electron chi connectivity index (χ0n) is 15.2. The molecule has 8 unspecified atom stereocenters. The molecular weight excluding hydrogens is 352 g/mol. The van der Waals surface area contributed by atoms with E-state index in [1.165, 1.54) is 6.92 Å². The molecule has 1 rings (SSSR count). The molecule has 0 aromatic heterocycles. The quantitative estimate of drug-likeness (QED) is 0.185. The van der Waals surface area contributed by atoms with Crippen molar-refractivity contribution < 1.29 is 44.5 Å². The molecule has 0 aromatic carbocycles. The van der Waals surface area contributed by atoms with Gasteiger partial charge in [0.1, 0.15) is 12.2 Å². The van der Waals surface area contributed by atoms with Crippen molar-refractivity contribution in [3.05, 3.63) is 0 Å². The Kier molecular flexibility index (Phi) is 9.79. The Morgan fingerprint density at radius 1 is 1.19 bits per heavy atom. The minimum absolute atomic E-state index is 0.190. The van der Waals surface area contributed by atoms with Crippen molar-refractivity contribution in [3.8, 4) is 0 Å². The molecule has 0 radical (unpaired) electrons. The van der Waals surface area contributed by atoms with E-state index < -0.39 is 68.1 Å². The number of hydrogen-bond acceptors (Lipinski definition) is 11. The standard InChI is InChI=1S/C15H32N2O9/c1-6(19)7(2)24-14(22)9(16)5-23-15-11(17)13(26-10(20)4-18)12(21)8(3)25-15/h6-15,18-22H,4-5,16-17H2,1-3H3/t6-,7?,8?,9+,10?,11?,12?,13?,14?,15?/m1/s1. The lowest BCUT2D eigenvalue weighted by Crippen LogP contribution is -2.63. The van der Waals surface area contributed by atoms with Crippen molar-refractivity contribution in [2.24, 2.45) is 11.5 Å². The Balaban J connectivity index is 2.59. The summed E-state index contributed by atoms with van der Waals surface area (Å²) >= 11 is 0. The second-order valence-electron chi connectivity index (χ2n) is 6.49. The van der Waals surface area contributed by atoms with Crippen LogP contribution in [0.3, 0.4) is 0 Å². The molecule has 1 aliphatic heterocycles. The molecule has 1 heterocycles. The van der Waals surface area contributed by atoms with Gasteiger partial charge in [0.2, 0.25) is 0 Å². The third kappa shape index (κ3) is 6.62. The van der Waals surface area contributed by atoms with Gasteiger partial charge in [0, 0.05) is 0 Å². The van der Waals surface area contributed by atoms with Gasteiger partial charge in [0.05, 0.1) is 43.6 Å². The number of rotatable bonds is 10. The number of aliphatic hydroxyl groups is 5. The van der Waals surface area contributed by atoms with E-state index in [0.29, 0.717) is 0 Å². The smallest absolute Gasteiger partial charge is 0.178 e. The first-order valence-corrected chi connectivity index (χ1v) is 8.50. The topological polar surface area (TPSA) is 190 Å². The van der Waals surface area contributed by atoms with Gasteiger partial charge in [-0.2, -0.15) is 0 Å². The average molecular weight is 384 g/mol. The Hall–Kier alpha value is -0.440. The third-order valence-corrected chi connectivity index (χ3v) is 4.18. The van der Waals surface area contributed by atoms with Crippen molar-refractivity contribution in [2.75, 3.05) is 13.2 Å². The van der Waals surface area contributed by atoms with Gasteiger partial charge < -0.3 is 55.9 Å². The van der Waals surface area contributed by atoms with Crippen LogP contribution in [0.1, 0.15) is 20.8 Å². The van der Waals surface area contributed by atoms with E-state index in [9.17, 15) is 20.4 Å². The van der Waals surface area contributed by atoms with Gasteiger partial charge in [-0.1, -0.05) is 0 Å². The van der Waals surface area contributed by atoms with Crippen LogP contribution in [0.15, 0.2) is 0 Å². The molecule has 0 saturated carbocycles. The predicted molar refractivity (Wildman–Crippen MR) is 88.4 cm³/mol. The zero-order chi connectivity index (χ0) is 20.0. The average Bonchev–Trinajstić information content (AvgIpc) is 2.59. The van der Waals surface area contributed by atoms with Crippen LogP contribution >= 0.6 is 0 Å². The summed E-state index contributed by atoms with van der Waals surface area (Å²) in [5.74, 6) is 0. The van der Waals surface area contributed by atoms with Gasteiger partial charge in [-0.05, 0) is 20.8 Å². The molecule has 10 atom stereocenters. The van der Waals surface area contributed by atoms with E-state index in [-0.39, 0.29) is 6.61 Å². The maximum atomic E-state index is 10.1. The van der Waals surface area contributed by atoms with E-state index in [0.717, 1.165) is 0 Å². The molecule has 11 heteroatoms. The molecule has 0 aromatic rings. The Labute approximate surface area is 152 Å². The fourth-order valence-electron chi connectivity index (χ4n) is 2.30. The summed E-state index contributed by atoms with van der Waals surface area (Å²) in [7, 11) is 0. The van der Waals surface area contributed by atoms with E-state index in [2.05, 4.69) is 0 Å². The highest BCUT2D eigenvalue weighted by Gasteiger charge is 2.44. The lowest BCUT2D eigenvalue weighted by atomic mass is 9.98. The van der Waals surface area contributed by atoms with Crippen LogP contribution in [0, 0.1) is 0 Å². The minimum Gasteiger partial charge on any atom is -0.391 e. The lowest BCUT2D eigenvalue weighted by molar-refractivity contribution is -0.289. The minimum atomic E-state index is -1.51. The second-order valence-corrected chi connectivity index (χ2v) is 6.49. The van der Waals surface area contributed by atoms with Crippen molar-refractivity contribution in [1.29, 1.82) is 0 Å². The maximum Gasteiger partial charge on any atom is 0.178 e. The third-order valence-electron chi connectivity index (χ3n) is 4.18. The zero-order valence-corrected chi connectivity index (χ0v) is 15.2. The summed E-state index contributed by atoms with van der Waals surface area (Å²) in [4.78, 5) is 0. The van der Waals surface area contributed by atoms with Gasteiger partial charge in [-0.25, -0.2) is 0 Å². The normalized spacial score (nSPS) is 35.5. The van der Waals surface area contributed by atoms with Gasteiger partial charge in [0.15, 0.2) is 18.9 Å². The lowest BCUT2D eigenvalue weighted by Gasteiger charge is -2.42. The Bertz CT molecular complexity index is 403. The van der Waals surface area contributed by atoms with Crippen LogP contribution in [-0.2, 0) is 18.9 Å². The summed E-state index contributed by atoms with van der Waals surface area (Å²) in [6.07, 6.45) is -8.24. The summed E-state index contributed by atoms with van der Waals surface area (Å²) in [6.45, 7) is 3.81. The monoisotopic (exact) mass is 384 g/mol. The Morgan fingerprint density at radius 2 is 1.81 bits per heavy atom. The molecule has 1 aliphatic rings. The first kappa shape index (κ1) is 23.6. The molecule has 1 fully saturated rings. The van der Waals surface area contributed by atoms with Gasteiger partial charge in [0.25, 0.3) is 0 Å². The number of ether oxygens (including phenoxy) is 4. The Morgan fingerprint density at radius 3 is 2.35 bits per heavy atom. The summed E-state index contributed by atoms with van der Waals surface area (Å²) < 4.78 is 21.2. The first-order valence-electron chi connectivity index (χ1n) is 8.50. The number of aliphatic hydroxyl groups excluding tert-OH is 5. The highest BCUT2D eigenvalue weighted by molar-refractivity contribution is 4.91. The SMILES string of the molecule is CC1OC(OC[C@H](N)C(O)OC(C)[C@@H](C)O)C(N)C(OC(O)CO)C1O. The molecule has 9 N–H and O–H groups in total. The number of nitrogens with two attached hydrogens (primary N) is 2. The molecule has 1 saturated heterocycles. The van der Waals surface area contributed by atoms with E-state index >= 15 is 0 Å². The van der Waals surface area contributed by atoms with E-state index in [1.807, 2.05) is 0 Å². The van der Waals surface area contributed by atoms with Gasteiger partial charge >= 0.3 is 0 Å². The molecule has 0 bridgehead atoms. The maximum absolute atomic E-state index is 10.1. The summed E-state index contributed by atoms with van der Waals surface area (Å²) in [5, 5.41) is 47.7. The fourth-order valence-corrected chi connectivity index (χ4v) is 2.30. The molecule has 156 valence electrons. The van der Waals surface area contributed by atoms with Crippen molar-refractivity contribution >= 4 is 0 Å². The number of hydrogen-bond donors (Lipinski definition) is 7. The van der Waals surface area contributed by atoms with Crippen LogP contribution in [-0.4, -0.2) is 100 Å². The molecular formula is C15H32N2O9. The van der Waals surface area contributed by atoms with Crippen molar-refractivity contribution in [3.63, 3.8) is 0 Å². The largest absolute Gasteiger partial charge is 0.391 e. The van der Waals surface area contributed by atoms with Crippen molar-refractivity contribution in [1.82, 2.24) is 0 Å². The summed E-state index contributed by atoms with van der Waals surface area (Å²) in [6, 6.07) is -1.93. The van der Waals surface area contributed by atoms with Crippen LogP contribution in [0.5, 0.6) is 0 Å². The molecule has 0 aliphatic carbocycles. The predicted octanol–water partition coefficient (Wildman–Crippen LogP) is -3.44. The van der Waals surface area contributed by atoms with Crippen LogP contribution in [0.2, 0.25) is 0 Å². The van der Waals surface area contributed by atoms with Crippen LogP contribution < -0.4 is 11.5 Å². The molecule has 0 amide bonds. The summed E-state index contributed by atoms with van der Waals surface area (Å²) in [5.41, 5.74) is 11.8. The highest BCUT2D eigenvalue weighted by atomic mass is 16.7. The molecule has 26 heavy (non-hydrogen) atoms. The second kappa shape index (κ2) is 10.8. The van der Waals surface area contributed by atoms with E-state index in [1.54, 1.807) is 13.8 Å². The van der Waals surface area contributed by atoms with Crippen LogP contribution in [0.4, 0.5) is 0 Å². The van der Waals surface area contributed by atoms with Gasteiger partial charge in [-0.15, -0.1) is 0 Å².